The van der Waals surface area contributed by atoms with Gasteiger partial charge in [-0.25, -0.2) is 0 Å². The molecule has 2 nitrogen and oxygen atoms in total. The minimum atomic E-state index is 0.433. The molecule has 0 aromatic heterocycles. The average Bonchev–Trinajstić information content (AvgIpc) is 2.84. The molecule has 2 N–H and O–H groups in total. The van der Waals surface area contributed by atoms with Crippen LogP contribution in [0, 0.1) is 17.3 Å². The molecule has 0 aliphatic heterocycles. The second-order valence-electron chi connectivity index (χ2n) is 8.18. The summed E-state index contributed by atoms with van der Waals surface area (Å²) in [5.41, 5.74) is 6.85. The molecule has 0 spiro atoms. The molecule has 0 saturated heterocycles. The Bertz CT molecular complexity index is 275. The molecular formula is C17H34N2. The average molecular weight is 266 g/mol. The molecule has 2 aliphatic carbocycles. The molecule has 2 aliphatic rings. The van der Waals surface area contributed by atoms with E-state index in [1.165, 1.54) is 51.5 Å². The minimum absolute atomic E-state index is 0.433. The van der Waals surface area contributed by atoms with Crippen molar-refractivity contribution in [2.45, 2.75) is 77.8 Å². The summed E-state index contributed by atoms with van der Waals surface area (Å²) in [6.07, 6.45) is 9.55. The van der Waals surface area contributed by atoms with Gasteiger partial charge in [0.25, 0.3) is 0 Å². The molecule has 2 heteroatoms. The second kappa shape index (κ2) is 6.13. The number of hydrogen-bond acceptors (Lipinski definition) is 2. The molecule has 2 saturated carbocycles. The maximum absolute atomic E-state index is 6.40. The largest absolute Gasteiger partial charge is 0.327 e. The van der Waals surface area contributed by atoms with Gasteiger partial charge in [0, 0.05) is 18.6 Å². The monoisotopic (exact) mass is 266 g/mol. The van der Waals surface area contributed by atoms with Crippen molar-refractivity contribution in [3.63, 3.8) is 0 Å². The Kier molecular flexibility index (Phi) is 4.94. The highest BCUT2D eigenvalue weighted by Crippen LogP contribution is 2.40. The van der Waals surface area contributed by atoms with E-state index >= 15 is 0 Å². The second-order valence-corrected chi connectivity index (χ2v) is 8.18. The van der Waals surface area contributed by atoms with Gasteiger partial charge in [0.05, 0.1) is 0 Å². The van der Waals surface area contributed by atoms with Gasteiger partial charge in [-0.3, -0.25) is 0 Å². The highest BCUT2D eigenvalue weighted by atomic mass is 15.1. The first-order valence-corrected chi connectivity index (χ1v) is 8.33. The van der Waals surface area contributed by atoms with E-state index in [4.69, 9.17) is 5.73 Å². The van der Waals surface area contributed by atoms with Crippen molar-refractivity contribution in [2.24, 2.45) is 23.0 Å². The Morgan fingerprint density at radius 2 is 1.68 bits per heavy atom. The molecule has 3 atom stereocenters. The van der Waals surface area contributed by atoms with Crippen molar-refractivity contribution in [1.82, 2.24) is 4.90 Å². The van der Waals surface area contributed by atoms with Crippen LogP contribution in [-0.2, 0) is 0 Å². The molecule has 0 bridgehead atoms. The molecule has 0 heterocycles. The van der Waals surface area contributed by atoms with Gasteiger partial charge in [0.2, 0.25) is 0 Å². The molecule has 19 heavy (non-hydrogen) atoms. The molecule has 0 radical (unpaired) electrons. The van der Waals surface area contributed by atoms with E-state index in [-0.39, 0.29) is 0 Å². The summed E-state index contributed by atoms with van der Waals surface area (Å²) in [6, 6.07) is 1.27. The number of rotatable bonds is 3. The van der Waals surface area contributed by atoms with Crippen molar-refractivity contribution < 1.29 is 0 Å². The van der Waals surface area contributed by atoms with Crippen LogP contribution in [0.25, 0.3) is 0 Å². The molecule has 3 unspecified atom stereocenters. The first-order valence-electron chi connectivity index (χ1n) is 8.33. The summed E-state index contributed by atoms with van der Waals surface area (Å²) in [6.45, 7) is 8.41. The van der Waals surface area contributed by atoms with Crippen molar-refractivity contribution in [3.8, 4) is 0 Å². The molecule has 0 aromatic carbocycles. The van der Waals surface area contributed by atoms with Crippen molar-refractivity contribution >= 4 is 0 Å². The van der Waals surface area contributed by atoms with Gasteiger partial charge in [0.1, 0.15) is 0 Å². The van der Waals surface area contributed by atoms with Crippen LogP contribution in [0.15, 0.2) is 0 Å². The van der Waals surface area contributed by atoms with Crippen LogP contribution in [-0.4, -0.2) is 30.6 Å². The third kappa shape index (κ3) is 3.95. The van der Waals surface area contributed by atoms with E-state index in [0.717, 1.165) is 12.0 Å². The fourth-order valence-corrected chi connectivity index (χ4v) is 4.15. The van der Waals surface area contributed by atoms with Crippen molar-refractivity contribution in [2.75, 3.05) is 13.6 Å². The number of hydrogen-bond donors (Lipinski definition) is 1. The van der Waals surface area contributed by atoms with E-state index in [0.29, 0.717) is 17.4 Å². The van der Waals surface area contributed by atoms with Crippen molar-refractivity contribution in [1.29, 1.82) is 0 Å². The number of nitrogens with zero attached hydrogens (tertiary/aromatic N) is 1. The molecule has 2 rings (SSSR count). The SMILES string of the molecule is CN(CC1CC(C(C)(C)C)CCC1N)C1CCCC1. The van der Waals surface area contributed by atoms with Crippen LogP contribution in [0.5, 0.6) is 0 Å². The Balaban J connectivity index is 1.89. The van der Waals surface area contributed by atoms with E-state index in [2.05, 4.69) is 32.7 Å². The fourth-order valence-electron chi connectivity index (χ4n) is 4.15. The summed E-state index contributed by atoms with van der Waals surface area (Å²) >= 11 is 0. The van der Waals surface area contributed by atoms with Gasteiger partial charge < -0.3 is 10.6 Å². The highest BCUT2D eigenvalue weighted by Gasteiger charge is 2.35. The predicted octanol–water partition coefficient (Wildman–Crippen LogP) is 3.65. The zero-order valence-corrected chi connectivity index (χ0v) is 13.5. The first kappa shape index (κ1) is 15.3. The lowest BCUT2D eigenvalue weighted by Crippen LogP contribution is -2.46. The summed E-state index contributed by atoms with van der Waals surface area (Å²) < 4.78 is 0. The van der Waals surface area contributed by atoms with Crippen LogP contribution in [0.3, 0.4) is 0 Å². The molecule has 112 valence electrons. The van der Waals surface area contributed by atoms with Gasteiger partial charge in [0.15, 0.2) is 0 Å². The summed E-state index contributed by atoms with van der Waals surface area (Å²) in [7, 11) is 2.32. The Morgan fingerprint density at radius 3 is 2.26 bits per heavy atom. The summed E-state index contributed by atoms with van der Waals surface area (Å²) in [5.74, 6) is 1.57. The van der Waals surface area contributed by atoms with Crippen molar-refractivity contribution in [3.05, 3.63) is 0 Å². The molecular weight excluding hydrogens is 232 g/mol. The maximum atomic E-state index is 6.40. The van der Waals surface area contributed by atoms with Crippen LogP contribution in [0.4, 0.5) is 0 Å². The summed E-state index contributed by atoms with van der Waals surface area (Å²) in [4.78, 5) is 2.61. The third-order valence-electron chi connectivity index (χ3n) is 5.74. The van der Waals surface area contributed by atoms with Gasteiger partial charge >= 0.3 is 0 Å². The first-order chi connectivity index (χ1) is 8.88. The predicted molar refractivity (Wildman–Crippen MR) is 83.1 cm³/mol. The number of nitrogens with two attached hydrogens (primary N) is 1. The zero-order valence-electron chi connectivity index (χ0n) is 13.5. The topological polar surface area (TPSA) is 29.3 Å². The van der Waals surface area contributed by atoms with E-state index in [1.54, 1.807) is 0 Å². The Labute approximate surface area is 120 Å². The summed E-state index contributed by atoms with van der Waals surface area (Å²) in [5, 5.41) is 0. The normalized spacial score (nSPS) is 34.1. The molecule has 0 aromatic rings. The Morgan fingerprint density at radius 1 is 1.05 bits per heavy atom. The van der Waals surface area contributed by atoms with E-state index < -0.39 is 0 Å². The quantitative estimate of drug-likeness (QED) is 0.845. The molecule has 2 fully saturated rings. The highest BCUT2D eigenvalue weighted by molar-refractivity contribution is 4.89. The van der Waals surface area contributed by atoms with Gasteiger partial charge in [-0.2, -0.15) is 0 Å². The standard InChI is InChI=1S/C17H34N2/c1-17(2,3)14-9-10-16(18)13(11-14)12-19(4)15-7-5-6-8-15/h13-16H,5-12,18H2,1-4H3. The lowest BCUT2D eigenvalue weighted by Gasteiger charge is -2.42. The van der Waals surface area contributed by atoms with Gasteiger partial charge in [-0.15, -0.1) is 0 Å². The van der Waals surface area contributed by atoms with E-state index in [1.807, 2.05) is 0 Å². The van der Waals surface area contributed by atoms with Crippen LogP contribution < -0.4 is 5.73 Å². The van der Waals surface area contributed by atoms with E-state index in [9.17, 15) is 0 Å². The maximum Gasteiger partial charge on any atom is 0.00923 e. The van der Waals surface area contributed by atoms with Crippen LogP contribution >= 0.6 is 0 Å². The minimum Gasteiger partial charge on any atom is -0.327 e. The zero-order chi connectivity index (χ0) is 14.0. The lowest BCUT2D eigenvalue weighted by atomic mass is 9.67. The van der Waals surface area contributed by atoms with Gasteiger partial charge in [-0.1, -0.05) is 33.6 Å². The Hall–Kier alpha value is -0.0800. The van der Waals surface area contributed by atoms with Gasteiger partial charge in [-0.05, 0) is 56.4 Å². The van der Waals surface area contributed by atoms with Crippen LogP contribution in [0.2, 0.25) is 0 Å². The smallest absolute Gasteiger partial charge is 0.00923 e. The molecule has 0 amide bonds. The fraction of sp³-hybridized carbons (Fsp3) is 1.00. The lowest BCUT2D eigenvalue weighted by molar-refractivity contribution is 0.0948. The van der Waals surface area contributed by atoms with Crippen LogP contribution in [0.1, 0.15) is 65.7 Å². The third-order valence-corrected chi connectivity index (χ3v) is 5.74.